The van der Waals surface area contributed by atoms with Crippen molar-refractivity contribution in [1.82, 2.24) is 19.5 Å². The Kier molecular flexibility index (Phi) is 5.24. The van der Waals surface area contributed by atoms with Gasteiger partial charge in [0.25, 0.3) is 5.56 Å². The van der Waals surface area contributed by atoms with Crippen LogP contribution in [0.4, 0.5) is 0 Å². The summed E-state index contributed by atoms with van der Waals surface area (Å²) in [6, 6.07) is 16.6. The Labute approximate surface area is 176 Å². The van der Waals surface area contributed by atoms with Gasteiger partial charge in [-0.15, -0.1) is 0 Å². The highest BCUT2D eigenvalue weighted by Crippen LogP contribution is 2.26. The quantitative estimate of drug-likeness (QED) is 0.497. The number of nitrogens with zero attached hydrogens (tertiary/aromatic N) is 3. The van der Waals surface area contributed by atoms with Crippen LogP contribution in [0.2, 0.25) is 0 Å². The normalized spacial score (nSPS) is 12.4. The second-order valence-electron chi connectivity index (χ2n) is 7.00. The summed E-state index contributed by atoms with van der Waals surface area (Å²) in [6.45, 7) is 4.28. The van der Waals surface area contributed by atoms with Crippen LogP contribution in [-0.4, -0.2) is 20.1 Å². The number of carbonyl (C=O) groups is 1. The van der Waals surface area contributed by atoms with E-state index in [1.54, 1.807) is 0 Å². The molecular weight excluding hydrogens is 432 g/mol. The van der Waals surface area contributed by atoms with Crippen LogP contribution in [0.5, 0.6) is 0 Å². The van der Waals surface area contributed by atoms with Crippen molar-refractivity contribution in [2.75, 3.05) is 0 Å². The van der Waals surface area contributed by atoms with E-state index < -0.39 is 6.04 Å². The van der Waals surface area contributed by atoms with Gasteiger partial charge in [-0.25, -0.2) is 4.52 Å². The number of halogens is 1. The van der Waals surface area contributed by atoms with E-state index in [9.17, 15) is 9.59 Å². The minimum absolute atomic E-state index is 0.0757. The first-order valence-electron chi connectivity index (χ1n) is 9.51. The molecule has 148 valence electrons. The molecule has 0 spiro atoms. The summed E-state index contributed by atoms with van der Waals surface area (Å²) in [5.74, 6) is -0.0757. The maximum atomic E-state index is 13.2. The largest absolute Gasteiger partial charge is 0.350 e. The second-order valence-corrected chi connectivity index (χ2v) is 7.92. The van der Waals surface area contributed by atoms with E-state index >= 15 is 0 Å². The fourth-order valence-corrected chi connectivity index (χ4v) is 4.18. The summed E-state index contributed by atoms with van der Waals surface area (Å²) in [5.41, 5.74) is 2.93. The number of amides is 1. The van der Waals surface area contributed by atoms with E-state index in [4.69, 9.17) is 0 Å². The number of hydrogen-bond donors (Lipinski definition) is 1. The third kappa shape index (κ3) is 3.58. The third-order valence-corrected chi connectivity index (χ3v) is 5.52. The van der Waals surface area contributed by atoms with Crippen LogP contribution in [0, 0.1) is 6.92 Å². The van der Waals surface area contributed by atoms with Crippen molar-refractivity contribution >= 4 is 38.4 Å². The molecule has 1 atom stereocenters. The molecule has 0 radical (unpaired) electrons. The summed E-state index contributed by atoms with van der Waals surface area (Å²) >= 11 is 3.46. The highest BCUT2D eigenvalue weighted by atomic mass is 79.9. The topological polar surface area (TPSA) is 68.4 Å². The molecule has 2 aromatic heterocycles. The van der Waals surface area contributed by atoms with Crippen molar-refractivity contribution in [3.63, 3.8) is 0 Å². The standard InChI is InChI=1S/C22H21BrN4O2/c1-3-18(22(29)24-13-15-7-6-8-16(23)12-15)27-19-10-5-4-9-17(19)21-25-20(28)11-14(2)26(21)27/h4-12,18H,3,13H2,1-2H3,(H,24,29)/t18-/m0/s1. The Morgan fingerprint density at radius 2 is 1.97 bits per heavy atom. The summed E-state index contributed by atoms with van der Waals surface area (Å²) < 4.78 is 4.80. The molecule has 0 aliphatic heterocycles. The maximum Gasteiger partial charge on any atom is 0.273 e. The molecule has 29 heavy (non-hydrogen) atoms. The molecule has 4 aromatic rings. The molecule has 0 unspecified atom stereocenters. The molecule has 0 fully saturated rings. The summed E-state index contributed by atoms with van der Waals surface area (Å²) in [5, 5.41) is 3.90. The van der Waals surface area contributed by atoms with Crippen molar-refractivity contribution < 1.29 is 4.79 Å². The molecule has 0 saturated carbocycles. The van der Waals surface area contributed by atoms with E-state index in [-0.39, 0.29) is 11.5 Å². The second kappa shape index (κ2) is 7.83. The highest BCUT2D eigenvalue weighted by molar-refractivity contribution is 9.10. The lowest BCUT2D eigenvalue weighted by molar-refractivity contribution is -0.124. The van der Waals surface area contributed by atoms with Gasteiger partial charge in [-0.2, -0.15) is 4.98 Å². The third-order valence-electron chi connectivity index (χ3n) is 5.03. The minimum atomic E-state index is -0.437. The van der Waals surface area contributed by atoms with E-state index in [1.807, 2.05) is 71.6 Å². The van der Waals surface area contributed by atoms with Crippen molar-refractivity contribution in [2.45, 2.75) is 32.9 Å². The van der Waals surface area contributed by atoms with E-state index in [2.05, 4.69) is 26.2 Å². The van der Waals surface area contributed by atoms with E-state index in [0.29, 0.717) is 18.6 Å². The van der Waals surface area contributed by atoms with Crippen molar-refractivity contribution in [1.29, 1.82) is 0 Å². The fraction of sp³-hybridized carbons (Fsp3) is 0.227. The number of para-hydroxylation sites is 1. The first-order valence-corrected chi connectivity index (χ1v) is 10.3. The summed E-state index contributed by atoms with van der Waals surface area (Å²) in [6.07, 6.45) is 0.601. The van der Waals surface area contributed by atoms with Gasteiger partial charge in [-0.3, -0.25) is 14.3 Å². The van der Waals surface area contributed by atoms with Gasteiger partial charge in [0.15, 0.2) is 5.65 Å². The van der Waals surface area contributed by atoms with Crippen LogP contribution in [0.3, 0.4) is 0 Å². The van der Waals surface area contributed by atoms with Crippen LogP contribution in [0.1, 0.15) is 30.6 Å². The molecular formula is C22H21BrN4O2. The Morgan fingerprint density at radius 3 is 2.72 bits per heavy atom. The number of benzene rings is 2. The fourth-order valence-electron chi connectivity index (χ4n) is 3.74. The zero-order chi connectivity index (χ0) is 20.5. The van der Waals surface area contributed by atoms with Gasteiger partial charge in [-0.1, -0.05) is 47.1 Å². The SMILES string of the molecule is CC[C@@H](C(=O)NCc1cccc(Br)c1)n1c2ccccc2c2nc(=O)cc(C)n21. The average molecular weight is 453 g/mol. The number of aromatic nitrogens is 3. The van der Waals surface area contributed by atoms with Gasteiger partial charge in [0, 0.05) is 28.2 Å². The molecule has 2 aromatic carbocycles. The molecule has 0 saturated heterocycles. The Bertz CT molecular complexity index is 1280. The molecule has 0 aliphatic carbocycles. The molecule has 6 nitrogen and oxygen atoms in total. The first-order chi connectivity index (χ1) is 14.0. The first kappa shape index (κ1) is 19.4. The van der Waals surface area contributed by atoms with Crippen LogP contribution in [-0.2, 0) is 11.3 Å². The molecule has 7 heteroatoms. The van der Waals surface area contributed by atoms with Crippen molar-refractivity contribution in [3.05, 3.63) is 80.7 Å². The monoisotopic (exact) mass is 452 g/mol. The van der Waals surface area contributed by atoms with Crippen molar-refractivity contribution in [2.24, 2.45) is 0 Å². The predicted octanol–water partition coefficient (Wildman–Crippen LogP) is 3.99. The van der Waals surface area contributed by atoms with Gasteiger partial charge in [0.1, 0.15) is 6.04 Å². The predicted molar refractivity (Wildman–Crippen MR) is 117 cm³/mol. The van der Waals surface area contributed by atoms with Crippen LogP contribution >= 0.6 is 15.9 Å². The average Bonchev–Trinajstić information content (AvgIpc) is 3.02. The van der Waals surface area contributed by atoms with Crippen LogP contribution < -0.4 is 10.9 Å². The molecule has 0 aliphatic rings. The lowest BCUT2D eigenvalue weighted by atomic mass is 10.1. The Hall–Kier alpha value is -2.93. The Morgan fingerprint density at radius 1 is 1.17 bits per heavy atom. The number of carbonyl (C=O) groups excluding carboxylic acids is 1. The van der Waals surface area contributed by atoms with E-state index in [0.717, 1.165) is 26.6 Å². The summed E-state index contributed by atoms with van der Waals surface area (Å²) in [7, 11) is 0. The smallest absolute Gasteiger partial charge is 0.273 e. The molecule has 1 N–H and O–H groups in total. The number of aryl methyl sites for hydroxylation is 1. The van der Waals surface area contributed by atoms with Crippen LogP contribution in [0.15, 0.2) is 63.9 Å². The van der Waals surface area contributed by atoms with Crippen LogP contribution in [0.25, 0.3) is 16.6 Å². The molecule has 1 amide bonds. The maximum absolute atomic E-state index is 13.2. The Balaban J connectivity index is 1.78. The van der Waals surface area contributed by atoms with Gasteiger partial charge in [0.05, 0.1) is 5.52 Å². The number of hydrogen-bond acceptors (Lipinski definition) is 3. The minimum Gasteiger partial charge on any atom is -0.350 e. The molecule has 0 bridgehead atoms. The van der Waals surface area contributed by atoms with Gasteiger partial charge < -0.3 is 5.32 Å². The van der Waals surface area contributed by atoms with Gasteiger partial charge in [-0.05, 0) is 43.2 Å². The molecule has 4 rings (SSSR count). The zero-order valence-electron chi connectivity index (χ0n) is 16.2. The summed E-state index contributed by atoms with van der Waals surface area (Å²) in [4.78, 5) is 29.4. The van der Waals surface area contributed by atoms with E-state index in [1.165, 1.54) is 6.07 Å². The van der Waals surface area contributed by atoms with Gasteiger partial charge in [0.2, 0.25) is 5.91 Å². The number of nitrogens with one attached hydrogen (secondary N) is 1. The lowest BCUT2D eigenvalue weighted by Gasteiger charge is -2.20. The number of rotatable bonds is 5. The van der Waals surface area contributed by atoms with Gasteiger partial charge >= 0.3 is 0 Å². The number of fused-ring (bicyclic) bond motifs is 3. The lowest BCUT2D eigenvalue weighted by Crippen LogP contribution is -2.34. The highest BCUT2D eigenvalue weighted by Gasteiger charge is 2.24. The zero-order valence-corrected chi connectivity index (χ0v) is 17.8. The molecule has 2 heterocycles. The van der Waals surface area contributed by atoms with Crippen molar-refractivity contribution in [3.8, 4) is 0 Å².